The molecule has 1 aromatic carbocycles. The van der Waals surface area contributed by atoms with Crippen molar-refractivity contribution in [3.05, 3.63) is 34.9 Å². The summed E-state index contributed by atoms with van der Waals surface area (Å²) in [5.41, 5.74) is 10.7. The van der Waals surface area contributed by atoms with Crippen molar-refractivity contribution in [3.8, 4) is 0 Å². The smallest absolute Gasteiger partial charge is 0.0300 e. The van der Waals surface area contributed by atoms with E-state index in [4.69, 9.17) is 5.73 Å². The van der Waals surface area contributed by atoms with Crippen molar-refractivity contribution in [1.29, 1.82) is 0 Å². The summed E-state index contributed by atoms with van der Waals surface area (Å²) < 4.78 is 0. The van der Waals surface area contributed by atoms with E-state index in [9.17, 15) is 0 Å². The van der Waals surface area contributed by atoms with E-state index in [-0.39, 0.29) is 11.5 Å². The lowest BCUT2D eigenvalue weighted by Gasteiger charge is -2.22. The maximum absolute atomic E-state index is 6.06. The maximum atomic E-state index is 6.06. The molecule has 0 heterocycles. The lowest BCUT2D eigenvalue weighted by atomic mass is 9.82. The first-order valence-corrected chi connectivity index (χ1v) is 5.38. The van der Waals surface area contributed by atoms with E-state index in [1.165, 1.54) is 16.7 Å². The third-order valence-electron chi connectivity index (χ3n) is 3.13. The molecule has 0 saturated carbocycles. The second kappa shape index (κ2) is 3.09. The maximum Gasteiger partial charge on any atom is 0.0300 e. The van der Waals surface area contributed by atoms with Crippen molar-refractivity contribution in [2.24, 2.45) is 5.73 Å². The molecule has 2 N–H and O–H groups in total. The van der Waals surface area contributed by atoms with Gasteiger partial charge in [-0.25, -0.2) is 0 Å². The summed E-state index contributed by atoms with van der Waals surface area (Å²) in [5, 5.41) is 0. The zero-order valence-electron chi connectivity index (χ0n) is 9.30. The van der Waals surface area contributed by atoms with E-state index < -0.39 is 0 Å². The van der Waals surface area contributed by atoms with Gasteiger partial charge in [0.1, 0.15) is 0 Å². The van der Waals surface area contributed by atoms with Crippen LogP contribution in [0.4, 0.5) is 0 Å². The first-order valence-electron chi connectivity index (χ1n) is 5.38. The SMILES string of the molecule is CC(C)(C)c1cccc2c1CCC2N. The fourth-order valence-corrected chi connectivity index (χ4v) is 2.39. The number of rotatable bonds is 0. The molecule has 1 aliphatic rings. The summed E-state index contributed by atoms with van der Waals surface area (Å²) in [4.78, 5) is 0. The molecule has 2 rings (SSSR count). The van der Waals surface area contributed by atoms with Gasteiger partial charge < -0.3 is 5.73 Å². The molecule has 1 nitrogen and oxygen atoms in total. The molecule has 0 radical (unpaired) electrons. The van der Waals surface area contributed by atoms with Gasteiger partial charge in [-0.15, -0.1) is 0 Å². The van der Waals surface area contributed by atoms with Crippen LogP contribution >= 0.6 is 0 Å². The second-order valence-electron chi connectivity index (χ2n) is 5.27. The Hall–Kier alpha value is -0.820. The van der Waals surface area contributed by atoms with Crippen LogP contribution in [0.15, 0.2) is 18.2 Å². The minimum atomic E-state index is 0.245. The Kier molecular flexibility index (Phi) is 2.15. The normalized spacial score (nSPS) is 21.0. The van der Waals surface area contributed by atoms with Crippen LogP contribution in [0.5, 0.6) is 0 Å². The Morgan fingerprint density at radius 1 is 1.29 bits per heavy atom. The van der Waals surface area contributed by atoms with E-state index in [1.54, 1.807) is 0 Å². The fraction of sp³-hybridized carbons (Fsp3) is 0.538. The highest BCUT2D eigenvalue weighted by molar-refractivity contribution is 5.43. The van der Waals surface area contributed by atoms with Crippen LogP contribution in [-0.4, -0.2) is 0 Å². The van der Waals surface area contributed by atoms with E-state index in [0.717, 1.165) is 12.8 Å². The zero-order chi connectivity index (χ0) is 10.3. The van der Waals surface area contributed by atoms with Gasteiger partial charge in [0.2, 0.25) is 0 Å². The Labute approximate surface area is 86.3 Å². The van der Waals surface area contributed by atoms with E-state index in [2.05, 4.69) is 39.0 Å². The summed E-state index contributed by atoms with van der Waals surface area (Å²) in [6.07, 6.45) is 2.27. The molecule has 14 heavy (non-hydrogen) atoms. The van der Waals surface area contributed by atoms with E-state index in [0.29, 0.717) is 0 Å². The van der Waals surface area contributed by atoms with Gasteiger partial charge >= 0.3 is 0 Å². The molecule has 1 heteroatoms. The quantitative estimate of drug-likeness (QED) is 0.667. The van der Waals surface area contributed by atoms with Crippen LogP contribution in [0.3, 0.4) is 0 Å². The average Bonchev–Trinajstić information content (AvgIpc) is 2.46. The van der Waals surface area contributed by atoms with Gasteiger partial charge in [-0.2, -0.15) is 0 Å². The lowest BCUT2D eigenvalue weighted by Crippen LogP contribution is -2.14. The summed E-state index contributed by atoms with van der Waals surface area (Å²) in [6, 6.07) is 6.84. The molecular formula is C13H19N. The minimum absolute atomic E-state index is 0.245. The van der Waals surface area contributed by atoms with Gasteiger partial charge in [-0.3, -0.25) is 0 Å². The van der Waals surface area contributed by atoms with E-state index >= 15 is 0 Å². The lowest BCUT2D eigenvalue weighted by molar-refractivity contribution is 0.583. The minimum Gasteiger partial charge on any atom is -0.324 e. The Morgan fingerprint density at radius 3 is 2.64 bits per heavy atom. The average molecular weight is 189 g/mol. The second-order valence-corrected chi connectivity index (χ2v) is 5.27. The Balaban J connectivity index is 2.55. The molecule has 1 aliphatic carbocycles. The number of fused-ring (bicyclic) bond motifs is 1. The van der Waals surface area contributed by atoms with Crippen LogP contribution in [0.2, 0.25) is 0 Å². The van der Waals surface area contributed by atoms with Gasteiger partial charge in [0.05, 0.1) is 0 Å². The molecule has 0 spiro atoms. The standard InChI is InChI=1S/C13H19N/c1-13(2,3)11-6-4-5-10-9(11)7-8-12(10)14/h4-6,12H,7-8,14H2,1-3H3. The van der Waals surface area contributed by atoms with Gasteiger partial charge in [-0.05, 0) is 34.9 Å². The molecule has 0 aromatic heterocycles. The molecular weight excluding hydrogens is 170 g/mol. The van der Waals surface area contributed by atoms with Crippen LogP contribution in [0.1, 0.15) is 49.9 Å². The third kappa shape index (κ3) is 1.46. The highest BCUT2D eigenvalue weighted by Crippen LogP contribution is 2.36. The fourth-order valence-electron chi connectivity index (χ4n) is 2.39. The predicted molar refractivity (Wildman–Crippen MR) is 60.4 cm³/mol. The largest absolute Gasteiger partial charge is 0.324 e. The van der Waals surface area contributed by atoms with Gasteiger partial charge in [0.15, 0.2) is 0 Å². The van der Waals surface area contributed by atoms with Gasteiger partial charge in [0.25, 0.3) is 0 Å². The number of hydrogen-bond donors (Lipinski definition) is 1. The van der Waals surface area contributed by atoms with Crippen molar-refractivity contribution in [2.45, 2.75) is 45.1 Å². The van der Waals surface area contributed by atoms with Gasteiger partial charge in [-0.1, -0.05) is 39.0 Å². The predicted octanol–water partition coefficient (Wildman–Crippen LogP) is 2.93. The van der Waals surface area contributed by atoms with Crippen molar-refractivity contribution in [1.82, 2.24) is 0 Å². The molecule has 76 valence electrons. The first-order chi connectivity index (χ1) is 6.50. The topological polar surface area (TPSA) is 26.0 Å². The third-order valence-corrected chi connectivity index (χ3v) is 3.13. The molecule has 1 aromatic rings. The summed E-state index contributed by atoms with van der Waals surface area (Å²) in [5.74, 6) is 0. The van der Waals surface area contributed by atoms with Crippen LogP contribution < -0.4 is 5.73 Å². The van der Waals surface area contributed by atoms with Crippen molar-refractivity contribution in [2.75, 3.05) is 0 Å². The first kappa shape index (κ1) is 9.72. The highest BCUT2D eigenvalue weighted by Gasteiger charge is 2.25. The van der Waals surface area contributed by atoms with E-state index in [1.807, 2.05) is 0 Å². The van der Waals surface area contributed by atoms with Crippen molar-refractivity contribution >= 4 is 0 Å². The molecule has 0 saturated heterocycles. The van der Waals surface area contributed by atoms with Crippen LogP contribution in [0.25, 0.3) is 0 Å². The van der Waals surface area contributed by atoms with Gasteiger partial charge in [0, 0.05) is 6.04 Å². The highest BCUT2D eigenvalue weighted by atomic mass is 14.6. The zero-order valence-corrected chi connectivity index (χ0v) is 9.30. The number of nitrogens with two attached hydrogens (primary N) is 1. The molecule has 0 amide bonds. The number of benzene rings is 1. The molecule has 1 unspecified atom stereocenters. The van der Waals surface area contributed by atoms with Crippen molar-refractivity contribution < 1.29 is 0 Å². The molecule has 0 bridgehead atoms. The monoisotopic (exact) mass is 189 g/mol. The Morgan fingerprint density at radius 2 is 2.00 bits per heavy atom. The van der Waals surface area contributed by atoms with Crippen LogP contribution in [0, 0.1) is 0 Å². The summed E-state index contributed by atoms with van der Waals surface area (Å²) in [7, 11) is 0. The molecule has 0 aliphatic heterocycles. The number of hydrogen-bond acceptors (Lipinski definition) is 1. The van der Waals surface area contributed by atoms with Crippen LogP contribution in [-0.2, 0) is 11.8 Å². The molecule has 0 fully saturated rings. The van der Waals surface area contributed by atoms with Crippen molar-refractivity contribution in [3.63, 3.8) is 0 Å². The Bertz CT molecular complexity index is 347. The summed E-state index contributed by atoms with van der Waals surface area (Å²) in [6.45, 7) is 6.81. The summed E-state index contributed by atoms with van der Waals surface area (Å²) >= 11 is 0. The molecule has 1 atom stereocenters.